The van der Waals surface area contributed by atoms with Gasteiger partial charge in [0.15, 0.2) is 0 Å². The van der Waals surface area contributed by atoms with Gasteiger partial charge in [-0.05, 0) is 66.8 Å². The van der Waals surface area contributed by atoms with Crippen LogP contribution in [0.5, 0.6) is 0 Å². The normalized spacial score (nSPS) is 11.1. The Morgan fingerprint density at radius 2 is 1.76 bits per heavy atom. The molecular weight excluding hydrogens is 492 g/mol. The van der Waals surface area contributed by atoms with E-state index < -0.39 is 5.97 Å². The zero-order valence-electron chi connectivity index (χ0n) is 19.2. The van der Waals surface area contributed by atoms with E-state index in [0.29, 0.717) is 23.6 Å². The lowest BCUT2D eigenvalue weighted by molar-refractivity contribution is 0.0696. The number of anilines is 1. The van der Waals surface area contributed by atoms with Crippen LogP contribution in [0.3, 0.4) is 0 Å². The van der Waals surface area contributed by atoms with Crippen molar-refractivity contribution in [2.24, 2.45) is 5.92 Å². The van der Waals surface area contributed by atoms with Gasteiger partial charge in [-0.25, -0.2) is 9.78 Å². The van der Waals surface area contributed by atoms with Crippen molar-refractivity contribution in [1.29, 1.82) is 0 Å². The third-order valence-electron chi connectivity index (χ3n) is 5.69. The highest BCUT2D eigenvalue weighted by Crippen LogP contribution is 2.32. The smallest absolute Gasteiger partial charge is 0.335 e. The lowest BCUT2D eigenvalue weighted by Crippen LogP contribution is -2.17. The van der Waals surface area contributed by atoms with Gasteiger partial charge in [0, 0.05) is 21.1 Å². The molecule has 0 spiro atoms. The van der Waals surface area contributed by atoms with E-state index in [9.17, 15) is 14.7 Å². The van der Waals surface area contributed by atoms with Crippen molar-refractivity contribution in [2.75, 3.05) is 5.32 Å². The van der Waals surface area contributed by atoms with Crippen LogP contribution in [-0.2, 0) is 6.42 Å². The third kappa shape index (κ3) is 4.87. The molecule has 0 fully saturated rings. The summed E-state index contributed by atoms with van der Waals surface area (Å²) in [5.74, 6) is -0.951. The first-order valence-corrected chi connectivity index (χ1v) is 11.9. The van der Waals surface area contributed by atoms with Gasteiger partial charge in [0.25, 0.3) is 5.91 Å². The number of rotatable bonds is 6. The first kappa shape index (κ1) is 23.6. The number of pyridine rings is 1. The van der Waals surface area contributed by atoms with Gasteiger partial charge in [-0.3, -0.25) is 4.79 Å². The van der Waals surface area contributed by atoms with E-state index >= 15 is 0 Å². The van der Waals surface area contributed by atoms with Crippen molar-refractivity contribution in [3.63, 3.8) is 0 Å². The monoisotopic (exact) mass is 516 g/mol. The van der Waals surface area contributed by atoms with Crippen LogP contribution in [0.2, 0.25) is 0 Å². The van der Waals surface area contributed by atoms with E-state index in [1.807, 2.05) is 55.5 Å². The summed E-state index contributed by atoms with van der Waals surface area (Å²) >= 11 is 3.52. The first-order chi connectivity index (χ1) is 16.2. The molecule has 1 amide bonds. The van der Waals surface area contributed by atoms with Gasteiger partial charge in [-0.1, -0.05) is 60.1 Å². The van der Waals surface area contributed by atoms with E-state index in [1.165, 1.54) is 6.07 Å². The largest absolute Gasteiger partial charge is 0.478 e. The zero-order chi connectivity index (χ0) is 24.4. The Labute approximate surface area is 207 Å². The number of benzene rings is 3. The average Bonchev–Trinajstić information content (AvgIpc) is 2.79. The fraction of sp³-hybridized carbons (Fsp3) is 0.179. The Kier molecular flexibility index (Phi) is 6.80. The molecule has 5 nitrogen and oxygen atoms in total. The van der Waals surface area contributed by atoms with Gasteiger partial charge in [0.1, 0.15) is 0 Å². The number of carboxylic acid groups (broad SMARTS) is 1. The summed E-state index contributed by atoms with van der Waals surface area (Å²) in [5.41, 5.74) is 5.35. The molecule has 0 saturated heterocycles. The lowest BCUT2D eigenvalue weighted by atomic mass is 9.96. The number of nitrogens with zero attached hydrogens (tertiary/aromatic N) is 1. The third-order valence-corrected chi connectivity index (χ3v) is 6.19. The molecule has 34 heavy (non-hydrogen) atoms. The number of nitrogens with one attached hydrogen (secondary N) is 1. The predicted octanol–water partition coefficient (Wildman–Crippen LogP) is 7.12. The Hall–Kier alpha value is -3.51. The van der Waals surface area contributed by atoms with Gasteiger partial charge in [0.05, 0.1) is 22.3 Å². The standard InChI is InChI=1S/C28H25BrN2O3/c1-16(2)13-20-14-19(28(33)34)9-11-23(20)31-27(32)25-17(3)26(18-7-5-4-6-8-18)30-24-12-10-21(29)15-22(24)25/h4-12,14-16H,13H2,1-3H3,(H,31,32)(H,33,34). The highest BCUT2D eigenvalue weighted by atomic mass is 79.9. The number of hydrogen-bond acceptors (Lipinski definition) is 3. The van der Waals surface area contributed by atoms with Crippen LogP contribution < -0.4 is 5.32 Å². The SMILES string of the molecule is Cc1c(-c2ccccc2)nc2ccc(Br)cc2c1C(=O)Nc1ccc(C(=O)O)cc1CC(C)C. The Balaban J connectivity index is 1.85. The molecule has 6 heteroatoms. The van der Waals surface area contributed by atoms with Crippen LogP contribution in [-0.4, -0.2) is 22.0 Å². The first-order valence-electron chi connectivity index (χ1n) is 11.1. The van der Waals surface area contributed by atoms with Gasteiger partial charge in [0.2, 0.25) is 0 Å². The molecule has 2 N–H and O–H groups in total. The molecule has 1 heterocycles. The number of carboxylic acids is 1. The molecule has 0 aliphatic rings. The van der Waals surface area contributed by atoms with E-state index in [-0.39, 0.29) is 11.5 Å². The summed E-state index contributed by atoms with van der Waals surface area (Å²) in [5, 5.41) is 13.2. The molecule has 0 atom stereocenters. The summed E-state index contributed by atoms with van der Waals surface area (Å²) in [4.78, 5) is 30.1. The molecule has 0 aliphatic heterocycles. The van der Waals surface area contributed by atoms with E-state index in [0.717, 1.165) is 37.8 Å². The minimum absolute atomic E-state index is 0.203. The van der Waals surface area contributed by atoms with Crippen LogP contribution in [0.15, 0.2) is 71.2 Å². The summed E-state index contributed by atoms with van der Waals surface area (Å²) in [7, 11) is 0. The van der Waals surface area contributed by atoms with Crippen LogP contribution in [0.1, 0.15) is 45.7 Å². The minimum Gasteiger partial charge on any atom is -0.478 e. The number of hydrogen-bond donors (Lipinski definition) is 2. The van der Waals surface area contributed by atoms with Gasteiger partial charge < -0.3 is 10.4 Å². The Morgan fingerprint density at radius 1 is 1.03 bits per heavy atom. The topological polar surface area (TPSA) is 79.3 Å². The van der Waals surface area contributed by atoms with Gasteiger partial charge in [-0.2, -0.15) is 0 Å². The minimum atomic E-state index is -0.990. The van der Waals surface area contributed by atoms with E-state index in [1.54, 1.807) is 12.1 Å². The van der Waals surface area contributed by atoms with Crippen molar-refractivity contribution < 1.29 is 14.7 Å². The molecule has 3 aromatic carbocycles. The summed E-state index contributed by atoms with van der Waals surface area (Å²) in [6, 6.07) is 20.3. The number of carbonyl (C=O) groups excluding carboxylic acids is 1. The number of halogens is 1. The van der Waals surface area contributed by atoms with Crippen molar-refractivity contribution in [3.05, 3.63) is 93.5 Å². The molecule has 0 radical (unpaired) electrons. The number of aromatic nitrogens is 1. The molecule has 0 unspecified atom stereocenters. The summed E-state index contributed by atoms with van der Waals surface area (Å²) < 4.78 is 0.856. The second-order valence-corrected chi connectivity index (χ2v) is 9.63. The Morgan fingerprint density at radius 3 is 2.44 bits per heavy atom. The fourth-order valence-corrected chi connectivity index (χ4v) is 4.50. The molecule has 0 bridgehead atoms. The van der Waals surface area contributed by atoms with Crippen LogP contribution in [0.25, 0.3) is 22.2 Å². The molecule has 4 aromatic rings. The predicted molar refractivity (Wildman–Crippen MR) is 140 cm³/mol. The average molecular weight is 517 g/mol. The number of carbonyl (C=O) groups is 2. The summed E-state index contributed by atoms with van der Waals surface area (Å²) in [6.07, 6.45) is 0.646. The molecule has 0 aliphatic carbocycles. The van der Waals surface area contributed by atoms with Crippen LogP contribution in [0.4, 0.5) is 5.69 Å². The number of aromatic carboxylic acids is 1. The molecular formula is C28H25BrN2O3. The van der Waals surface area contributed by atoms with Crippen molar-refractivity contribution >= 4 is 44.4 Å². The molecule has 172 valence electrons. The Bertz CT molecular complexity index is 1400. The lowest BCUT2D eigenvalue weighted by Gasteiger charge is -2.17. The van der Waals surface area contributed by atoms with E-state index in [2.05, 4.69) is 35.1 Å². The van der Waals surface area contributed by atoms with Gasteiger partial charge in [-0.15, -0.1) is 0 Å². The number of amides is 1. The number of fused-ring (bicyclic) bond motifs is 1. The zero-order valence-corrected chi connectivity index (χ0v) is 20.8. The molecule has 4 rings (SSSR count). The van der Waals surface area contributed by atoms with Crippen LogP contribution in [0, 0.1) is 12.8 Å². The highest BCUT2D eigenvalue weighted by molar-refractivity contribution is 9.10. The molecule has 1 aromatic heterocycles. The summed E-state index contributed by atoms with van der Waals surface area (Å²) in [6.45, 7) is 6.03. The van der Waals surface area contributed by atoms with Crippen molar-refractivity contribution in [2.45, 2.75) is 27.2 Å². The highest BCUT2D eigenvalue weighted by Gasteiger charge is 2.21. The maximum atomic E-state index is 13.7. The quantitative estimate of drug-likeness (QED) is 0.285. The van der Waals surface area contributed by atoms with Gasteiger partial charge >= 0.3 is 5.97 Å². The van der Waals surface area contributed by atoms with Crippen molar-refractivity contribution in [3.8, 4) is 11.3 Å². The fourth-order valence-electron chi connectivity index (χ4n) is 4.14. The maximum absolute atomic E-state index is 13.7. The van der Waals surface area contributed by atoms with Crippen molar-refractivity contribution in [1.82, 2.24) is 4.98 Å². The second kappa shape index (κ2) is 9.77. The maximum Gasteiger partial charge on any atom is 0.335 e. The van der Waals surface area contributed by atoms with Crippen LogP contribution >= 0.6 is 15.9 Å². The molecule has 0 saturated carbocycles. The second-order valence-electron chi connectivity index (χ2n) is 8.72. The van der Waals surface area contributed by atoms with E-state index in [4.69, 9.17) is 4.98 Å².